The number of carbonyl (C=O) groups excluding carboxylic acids is 1. The summed E-state index contributed by atoms with van der Waals surface area (Å²) in [5, 5.41) is 5.46. The summed E-state index contributed by atoms with van der Waals surface area (Å²) < 4.78 is 1.08. The number of thiophene rings is 1. The van der Waals surface area contributed by atoms with E-state index in [4.69, 9.17) is 11.6 Å². The number of nitrogens with one attached hydrogen (secondary N) is 2. The third-order valence-corrected chi connectivity index (χ3v) is 4.19. The Morgan fingerprint density at radius 2 is 2.16 bits per heavy atom. The van der Waals surface area contributed by atoms with Gasteiger partial charge in [0.2, 0.25) is 0 Å². The van der Waals surface area contributed by atoms with Gasteiger partial charge in [-0.1, -0.05) is 17.7 Å². The Labute approximate surface area is 119 Å². The second-order valence-corrected chi connectivity index (χ2v) is 5.65. The molecule has 0 aliphatic rings. The van der Waals surface area contributed by atoms with Crippen molar-refractivity contribution >= 4 is 44.7 Å². The lowest BCUT2D eigenvalue weighted by molar-refractivity contribution is 0.102. The van der Waals surface area contributed by atoms with Gasteiger partial charge < -0.3 is 10.3 Å². The SMILES string of the molecule is Cc1ccc(NC(=O)c2cc3sccc3[nH]2)cc1Cl. The van der Waals surface area contributed by atoms with Gasteiger partial charge in [-0.3, -0.25) is 4.79 Å². The number of aryl methyl sites for hydroxylation is 1. The minimum Gasteiger partial charge on any atom is -0.350 e. The molecule has 0 unspecified atom stereocenters. The molecule has 3 aromatic rings. The molecular formula is C14H11ClN2OS. The Hall–Kier alpha value is -1.78. The molecule has 0 saturated carbocycles. The Kier molecular flexibility index (Phi) is 3.05. The van der Waals surface area contributed by atoms with Crippen LogP contribution in [0.15, 0.2) is 35.7 Å². The summed E-state index contributed by atoms with van der Waals surface area (Å²) in [6, 6.07) is 9.28. The van der Waals surface area contributed by atoms with Crippen LogP contribution in [0.5, 0.6) is 0 Å². The molecule has 1 amide bonds. The van der Waals surface area contributed by atoms with Crippen molar-refractivity contribution in [3.63, 3.8) is 0 Å². The van der Waals surface area contributed by atoms with Crippen molar-refractivity contribution < 1.29 is 4.79 Å². The number of fused-ring (bicyclic) bond motifs is 1. The molecule has 3 nitrogen and oxygen atoms in total. The summed E-state index contributed by atoms with van der Waals surface area (Å²) in [7, 11) is 0. The minimum atomic E-state index is -0.164. The van der Waals surface area contributed by atoms with Crippen molar-refractivity contribution in [2.24, 2.45) is 0 Å². The van der Waals surface area contributed by atoms with Crippen LogP contribution in [0.2, 0.25) is 5.02 Å². The Balaban J connectivity index is 1.84. The van der Waals surface area contributed by atoms with E-state index in [0.717, 1.165) is 15.8 Å². The van der Waals surface area contributed by atoms with Gasteiger partial charge in [-0.15, -0.1) is 11.3 Å². The molecule has 0 spiro atoms. The van der Waals surface area contributed by atoms with Crippen molar-refractivity contribution in [2.45, 2.75) is 6.92 Å². The molecule has 96 valence electrons. The number of amides is 1. The average Bonchev–Trinajstić information content (AvgIpc) is 2.94. The Bertz CT molecular complexity index is 731. The van der Waals surface area contributed by atoms with Gasteiger partial charge in [0.05, 0.1) is 10.2 Å². The number of rotatable bonds is 2. The molecule has 0 aliphatic carbocycles. The molecule has 19 heavy (non-hydrogen) atoms. The molecule has 0 aliphatic heterocycles. The van der Waals surface area contributed by atoms with E-state index in [1.807, 2.05) is 36.6 Å². The minimum absolute atomic E-state index is 0.164. The fourth-order valence-electron chi connectivity index (χ4n) is 1.84. The zero-order valence-electron chi connectivity index (χ0n) is 10.2. The highest BCUT2D eigenvalue weighted by atomic mass is 35.5. The Morgan fingerprint density at radius 3 is 2.89 bits per heavy atom. The lowest BCUT2D eigenvalue weighted by Gasteiger charge is -2.05. The summed E-state index contributed by atoms with van der Waals surface area (Å²) >= 11 is 7.64. The van der Waals surface area contributed by atoms with Crippen LogP contribution >= 0.6 is 22.9 Å². The van der Waals surface area contributed by atoms with E-state index in [-0.39, 0.29) is 5.91 Å². The average molecular weight is 291 g/mol. The monoisotopic (exact) mass is 290 g/mol. The van der Waals surface area contributed by atoms with Gasteiger partial charge in [-0.2, -0.15) is 0 Å². The number of halogens is 1. The van der Waals surface area contributed by atoms with Gasteiger partial charge in [0.15, 0.2) is 0 Å². The van der Waals surface area contributed by atoms with Gasteiger partial charge in [0.25, 0.3) is 5.91 Å². The predicted octanol–water partition coefficient (Wildman–Crippen LogP) is 4.44. The molecule has 5 heteroatoms. The summed E-state index contributed by atoms with van der Waals surface area (Å²) in [5.74, 6) is -0.164. The molecule has 0 saturated heterocycles. The molecular weight excluding hydrogens is 280 g/mol. The number of benzene rings is 1. The lowest BCUT2D eigenvalue weighted by atomic mass is 10.2. The summed E-state index contributed by atoms with van der Waals surface area (Å²) in [6.07, 6.45) is 0. The largest absolute Gasteiger partial charge is 0.350 e. The summed E-state index contributed by atoms with van der Waals surface area (Å²) in [4.78, 5) is 15.2. The van der Waals surface area contributed by atoms with Gasteiger partial charge in [-0.25, -0.2) is 0 Å². The number of anilines is 1. The number of hydrogen-bond acceptors (Lipinski definition) is 2. The fraction of sp³-hybridized carbons (Fsp3) is 0.0714. The standard InChI is InChI=1S/C14H11ClN2OS/c1-8-2-3-9(6-10(8)15)16-14(18)12-7-13-11(17-12)4-5-19-13/h2-7,17H,1H3,(H,16,18). The third kappa shape index (κ3) is 2.37. The van der Waals surface area contributed by atoms with E-state index in [9.17, 15) is 4.79 Å². The first-order valence-electron chi connectivity index (χ1n) is 5.77. The van der Waals surface area contributed by atoms with Crippen LogP contribution in [-0.2, 0) is 0 Å². The zero-order chi connectivity index (χ0) is 13.4. The smallest absolute Gasteiger partial charge is 0.272 e. The van der Waals surface area contributed by atoms with Crippen molar-refractivity contribution in [3.8, 4) is 0 Å². The Morgan fingerprint density at radius 1 is 1.32 bits per heavy atom. The predicted molar refractivity (Wildman–Crippen MR) is 80.3 cm³/mol. The van der Waals surface area contributed by atoms with Crippen LogP contribution in [0.1, 0.15) is 16.1 Å². The van der Waals surface area contributed by atoms with E-state index in [2.05, 4.69) is 10.3 Å². The molecule has 2 aromatic heterocycles. The van der Waals surface area contributed by atoms with Crippen LogP contribution < -0.4 is 5.32 Å². The topological polar surface area (TPSA) is 44.9 Å². The van der Waals surface area contributed by atoms with Crippen LogP contribution in [-0.4, -0.2) is 10.9 Å². The quantitative estimate of drug-likeness (QED) is 0.720. The molecule has 0 bridgehead atoms. The number of aromatic nitrogens is 1. The summed E-state index contributed by atoms with van der Waals surface area (Å²) in [5.41, 5.74) is 3.22. The molecule has 1 aromatic carbocycles. The first kappa shape index (κ1) is 12.3. The van der Waals surface area contributed by atoms with E-state index >= 15 is 0 Å². The maximum absolute atomic E-state index is 12.1. The second kappa shape index (κ2) is 4.72. The third-order valence-electron chi connectivity index (χ3n) is 2.91. The highest BCUT2D eigenvalue weighted by molar-refractivity contribution is 7.17. The van der Waals surface area contributed by atoms with Crippen LogP contribution in [0, 0.1) is 6.92 Å². The maximum Gasteiger partial charge on any atom is 0.272 e. The number of hydrogen-bond donors (Lipinski definition) is 2. The first-order valence-corrected chi connectivity index (χ1v) is 7.03. The van der Waals surface area contributed by atoms with Crippen LogP contribution in [0.25, 0.3) is 10.2 Å². The molecule has 3 rings (SSSR count). The van der Waals surface area contributed by atoms with Crippen molar-refractivity contribution in [2.75, 3.05) is 5.32 Å². The summed E-state index contributed by atoms with van der Waals surface area (Å²) in [6.45, 7) is 1.92. The van der Waals surface area contributed by atoms with Crippen molar-refractivity contribution in [3.05, 3.63) is 52.0 Å². The highest BCUT2D eigenvalue weighted by Gasteiger charge is 2.10. The number of aromatic amines is 1. The van der Waals surface area contributed by atoms with Crippen molar-refractivity contribution in [1.29, 1.82) is 0 Å². The van der Waals surface area contributed by atoms with E-state index in [1.54, 1.807) is 17.4 Å². The zero-order valence-corrected chi connectivity index (χ0v) is 11.7. The van der Waals surface area contributed by atoms with Gasteiger partial charge >= 0.3 is 0 Å². The molecule has 2 N–H and O–H groups in total. The van der Waals surface area contributed by atoms with Crippen LogP contribution in [0.4, 0.5) is 5.69 Å². The number of carbonyl (C=O) groups is 1. The maximum atomic E-state index is 12.1. The van der Waals surface area contributed by atoms with E-state index in [1.165, 1.54) is 0 Å². The van der Waals surface area contributed by atoms with Gasteiger partial charge in [0.1, 0.15) is 5.69 Å². The molecule has 2 heterocycles. The first-order chi connectivity index (χ1) is 9.13. The van der Waals surface area contributed by atoms with Crippen LogP contribution in [0.3, 0.4) is 0 Å². The van der Waals surface area contributed by atoms with Gasteiger partial charge in [-0.05, 0) is 42.1 Å². The molecule has 0 radical (unpaired) electrons. The molecule has 0 atom stereocenters. The highest BCUT2D eigenvalue weighted by Crippen LogP contribution is 2.23. The second-order valence-electron chi connectivity index (χ2n) is 4.30. The molecule has 0 fully saturated rings. The van der Waals surface area contributed by atoms with E-state index < -0.39 is 0 Å². The van der Waals surface area contributed by atoms with Crippen molar-refractivity contribution in [1.82, 2.24) is 4.98 Å². The normalized spacial score (nSPS) is 10.8. The number of H-pyrrole nitrogens is 1. The lowest BCUT2D eigenvalue weighted by Crippen LogP contribution is -2.12. The fourth-order valence-corrected chi connectivity index (χ4v) is 2.80. The van der Waals surface area contributed by atoms with E-state index in [0.29, 0.717) is 16.4 Å². The van der Waals surface area contributed by atoms with Gasteiger partial charge in [0, 0.05) is 10.7 Å².